The number of hydrogen-bond donors (Lipinski definition) is 0. The zero-order chi connectivity index (χ0) is 8.55. The second kappa shape index (κ2) is 3.24. The minimum atomic E-state index is 0.877. The Bertz CT molecular complexity index is 174. The van der Waals surface area contributed by atoms with Crippen LogP contribution in [0.1, 0.15) is 39.5 Å². The molecule has 0 aromatic carbocycles. The van der Waals surface area contributed by atoms with Crippen LogP contribution in [0, 0.1) is 23.7 Å². The van der Waals surface area contributed by atoms with Crippen LogP contribution < -0.4 is 0 Å². The SMILES string of the molecule is CC1CC(CCC2C=CC2C)C1. The number of rotatable bonds is 3. The van der Waals surface area contributed by atoms with Gasteiger partial charge in [0.25, 0.3) is 0 Å². The van der Waals surface area contributed by atoms with Gasteiger partial charge in [0.05, 0.1) is 0 Å². The van der Waals surface area contributed by atoms with Gasteiger partial charge in [-0.1, -0.05) is 26.0 Å². The molecule has 2 unspecified atom stereocenters. The molecule has 68 valence electrons. The summed E-state index contributed by atoms with van der Waals surface area (Å²) in [6, 6.07) is 0. The number of allylic oxidation sites excluding steroid dienone is 2. The molecule has 0 spiro atoms. The van der Waals surface area contributed by atoms with Gasteiger partial charge in [0, 0.05) is 0 Å². The predicted octanol–water partition coefficient (Wildman–Crippen LogP) is 3.63. The molecule has 0 bridgehead atoms. The molecule has 0 aromatic rings. The first-order chi connectivity index (χ1) is 5.75. The van der Waals surface area contributed by atoms with Gasteiger partial charge in [-0.05, 0) is 49.4 Å². The van der Waals surface area contributed by atoms with Gasteiger partial charge < -0.3 is 0 Å². The van der Waals surface area contributed by atoms with E-state index < -0.39 is 0 Å². The van der Waals surface area contributed by atoms with Crippen molar-refractivity contribution in [3.63, 3.8) is 0 Å². The monoisotopic (exact) mass is 164 g/mol. The van der Waals surface area contributed by atoms with Crippen LogP contribution in [-0.2, 0) is 0 Å². The van der Waals surface area contributed by atoms with Crippen LogP contribution in [0.2, 0.25) is 0 Å². The lowest BCUT2D eigenvalue weighted by Gasteiger charge is -2.35. The molecule has 2 rings (SSSR count). The van der Waals surface area contributed by atoms with Crippen molar-refractivity contribution in [2.45, 2.75) is 39.5 Å². The predicted molar refractivity (Wildman–Crippen MR) is 52.9 cm³/mol. The molecule has 0 amide bonds. The van der Waals surface area contributed by atoms with Crippen molar-refractivity contribution in [3.8, 4) is 0 Å². The Labute approximate surface area is 76.1 Å². The average molecular weight is 164 g/mol. The van der Waals surface area contributed by atoms with E-state index in [1.165, 1.54) is 25.7 Å². The Morgan fingerprint density at radius 3 is 2.25 bits per heavy atom. The largest absolute Gasteiger partial charge is 0.0848 e. The summed E-state index contributed by atoms with van der Waals surface area (Å²) >= 11 is 0. The van der Waals surface area contributed by atoms with E-state index in [4.69, 9.17) is 0 Å². The van der Waals surface area contributed by atoms with Gasteiger partial charge in [-0.3, -0.25) is 0 Å². The lowest BCUT2D eigenvalue weighted by Crippen LogP contribution is -2.23. The normalized spacial score (nSPS) is 45.2. The molecule has 2 atom stereocenters. The zero-order valence-corrected chi connectivity index (χ0v) is 8.29. The molecule has 2 aliphatic carbocycles. The summed E-state index contributed by atoms with van der Waals surface area (Å²) in [6.07, 6.45) is 10.7. The second-order valence-corrected chi connectivity index (χ2v) is 4.93. The van der Waals surface area contributed by atoms with Gasteiger partial charge in [-0.25, -0.2) is 0 Å². The lowest BCUT2D eigenvalue weighted by atomic mass is 9.71. The molecular weight excluding hydrogens is 144 g/mol. The van der Waals surface area contributed by atoms with E-state index >= 15 is 0 Å². The molecular formula is C12H20. The van der Waals surface area contributed by atoms with Crippen molar-refractivity contribution < 1.29 is 0 Å². The maximum atomic E-state index is 2.40. The summed E-state index contributed by atoms with van der Waals surface area (Å²) in [5.41, 5.74) is 0. The van der Waals surface area contributed by atoms with Gasteiger partial charge in [0.15, 0.2) is 0 Å². The minimum absolute atomic E-state index is 0.877. The van der Waals surface area contributed by atoms with Crippen LogP contribution in [0.5, 0.6) is 0 Å². The Morgan fingerprint density at radius 2 is 1.83 bits per heavy atom. The van der Waals surface area contributed by atoms with Crippen molar-refractivity contribution in [2.75, 3.05) is 0 Å². The van der Waals surface area contributed by atoms with Crippen LogP contribution >= 0.6 is 0 Å². The smallest absolute Gasteiger partial charge is 0.0173 e. The fourth-order valence-corrected chi connectivity index (χ4v) is 2.58. The van der Waals surface area contributed by atoms with E-state index in [0.717, 1.165) is 23.7 Å². The summed E-state index contributed by atoms with van der Waals surface area (Å²) in [4.78, 5) is 0. The molecule has 0 N–H and O–H groups in total. The molecule has 0 aliphatic heterocycles. The molecule has 0 heterocycles. The maximum absolute atomic E-state index is 2.40. The van der Waals surface area contributed by atoms with Crippen molar-refractivity contribution >= 4 is 0 Å². The molecule has 2 aliphatic rings. The van der Waals surface area contributed by atoms with Gasteiger partial charge >= 0.3 is 0 Å². The third-order valence-corrected chi connectivity index (χ3v) is 3.72. The van der Waals surface area contributed by atoms with Crippen molar-refractivity contribution in [2.24, 2.45) is 23.7 Å². The van der Waals surface area contributed by atoms with Crippen molar-refractivity contribution in [1.82, 2.24) is 0 Å². The fourth-order valence-electron chi connectivity index (χ4n) is 2.58. The standard InChI is InChI=1S/C12H20/c1-9-7-11(8-9)4-6-12-5-3-10(12)2/h3,5,9-12H,4,6-8H2,1-2H3. The summed E-state index contributed by atoms with van der Waals surface area (Å²) in [7, 11) is 0. The lowest BCUT2D eigenvalue weighted by molar-refractivity contribution is 0.185. The molecule has 0 heteroatoms. The van der Waals surface area contributed by atoms with Gasteiger partial charge in [0.2, 0.25) is 0 Å². The maximum Gasteiger partial charge on any atom is -0.0173 e. The van der Waals surface area contributed by atoms with Crippen LogP contribution in [0.4, 0.5) is 0 Å². The van der Waals surface area contributed by atoms with E-state index in [2.05, 4.69) is 26.0 Å². The topological polar surface area (TPSA) is 0 Å². The third kappa shape index (κ3) is 1.57. The Morgan fingerprint density at radius 1 is 1.08 bits per heavy atom. The van der Waals surface area contributed by atoms with E-state index in [9.17, 15) is 0 Å². The highest BCUT2D eigenvalue weighted by Gasteiger charge is 2.27. The Balaban J connectivity index is 1.60. The summed E-state index contributed by atoms with van der Waals surface area (Å²) in [6.45, 7) is 4.72. The summed E-state index contributed by atoms with van der Waals surface area (Å²) < 4.78 is 0. The third-order valence-electron chi connectivity index (χ3n) is 3.72. The zero-order valence-electron chi connectivity index (χ0n) is 8.29. The first kappa shape index (κ1) is 8.34. The first-order valence-corrected chi connectivity index (χ1v) is 5.44. The highest BCUT2D eigenvalue weighted by molar-refractivity contribution is 5.07. The molecule has 0 radical (unpaired) electrons. The van der Waals surface area contributed by atoms with Crippen LogP contribution in [-0.4, -0.2) is 0 Å². The molecule has 1 saturated carbocycles. The van der Waals surface area contributed by atoms with Gasteiger partial charge in [-0.2, -0.15) is 0 Å². The van der Waals surface area contributed by atoms with Crippen LogP contribution in [0.15, 0.2) is 12.2 Å². The molecule has 0 nitrogen and oxygen atoms in total. The molecule has 0 saturated heterocycles. The van der Waals surface area contributed by atoms with E-state index in [0.29, 0.717) is 0 Å². The quantitative estimate of drug-likeness (QED) is 0.559. The number of hydrogen-bond acceptors (Lipinski definition) is 0. The molecule has 12 heavy (non-hydrogen) atoms. The molecule has 1 fully saturated rings. The second-order valence-electron chi connectivity index (χ2n) is 4.93. The Hall–Kier alpha value is -0.260. The van der Waals surface area contributed by atoms with Gasteiger partial charge in [-0.15, -0.1) is 0 Å². The van der Waals surface area contributed by atoms with E-state index in [1.54, 1.807) is 0 Å². The Kier molecular flexibility index (Phi) is 2.25. The van der Waals surface area contributed by atoms with E-state index in [-0.39, 0.29) is 0 Å². The van der Waals surface area contributed by atoms with Crippen molar-refractivity contribution in [3.05, 3.63) is 12.2 Å². The summed E-state index contributed by atoms with van der Waals surface area (Å²) in [5.74, 6) is 3.92. The average Bonchev–Trinajstić information content (AvgIpc) is 1.98. The van der Waals surface area contributed by atoms with Crippen molar-refractivity contribution in [1.29, 1.82) is 0 Å². The fraction of sp³-hybridized carbons (Fsp3) is 0.833. The first-order valence-electron chi connectivity index (χ1n) is 5.44. The molecule has 0 aromatic heterocycles. The van der Waals surface area contributed by atoms with Crippen LogP contribution in [0.25, 0.3) is 0 Å². The highest BCUT2D eigenvalue weighted by atomic mass is 14.3. The minimum Gasteiger partial charge on any atom is -0.0848 e. The van der Waals surface area contributed by atoms with E-state index in [1.807, 2.05) is 0 Å². The summed E-state index contributed by atoms with van der Waals surface area (Å²) in [5, 5.41) is 0. The van der Waals surface area contributed by atoms with Gasteiger partial charge in [0.1, 0.15) is 0 Å². The highest BCUT2D eigenvalue weighted by Crippen LogP contribution is 2.39. The van der Waals surface area contributed by atoms with Crippen LogP contribution in [0.3, 0.4) is 0 Å².